The molecule has 2 fully saturated rings. The molecule has 1 aliphatic carbocycles. The van der Waals surface area contributed by atoms with Gasteiger partial charge in [-0.1, -0.05) is 55.6 Å². The number of halogens is 3. The summed E-state index contributed by atoms with van der Waals surface area (Å²) < 4.78 is 0. The number of carbonyl (C=O) groups is 3. The van der Waals surface area contributed by atoms with Crippen LogP contribution in [0.25, 0.3) is 0 Å². The fraction of sp³-hybridized carbons (Fsp3) is 0.318. The number of amides is 3. The second kappa shape index (κ2) is 8.44. The van der Waals surface area contributed by atoms with Crippen molar-refractivity contribution < 1.29 is 14.4 Å². The summed E-state index contributed by atoms with van der Waals surface area (Å²) in [6.07, 6.45) is 1.21. The minimum Gasteiger partial charge on any atom is -0.322 e. The molecule has 2 aromatic carbocycles. The van der Waals surface area contributed by atoms with Crippen LogP contribution in [-0.4, -0.2) is 27.4 Å². The van der Waals surface area contributed by atoms with Gasteiger partial charge in [0.2, 0.25) is 11.8 Å². The number of alkyl halides is 2. The minimum atomic E-state index is -0.334. The van der Waals surface area contributed by atoms with Gasteiger partial charge in [0.1, 0.15) is 0 Å². The number of hydrogen-bond donors (Lipinski definition) is 1. The topological polar surface area (TPSA) is 66.5 Å². The number of nitrogens with one attached hydrogen (secondary N) is 1. The Bertz CT molecular complexity index is 1020. The van der Waals surface area contributed by atoms with Gasteiger partial charge in [-0.2, -0.15) is 0 Å². The Kier molecular flexibility index (Phi) is 6.06. The molecule has 0 unspecified atom stereocenters. The molecule has 0 spiro atoms. The van der Waals surface area contributed by atoms with E-state index in [4.69, 9.17) is 11.6 Å². The van der Waals surface area contributed by atoms with Crippen molar-refractivity contribution in [1.29, 1.82) is 0 Å². The monoisotopic (exact) mass is 552 g/mol. The zero-order valence-electron chi connectivity index (χ0n) is 16.1. The molecule has 1 saturated carbocycles. The van der Waals surface area contributed by atoms with Crippen LogP contribution >= 0.6 is 43.5 Å². The zero-order chi connectivity index (χ0) is 21.6. The highest BCUT2D eigenvalue weighted by atomic mass is 79.9. The molecule has 0 aromatic heterocycles. The standard InChI is InChI=1S/C22H19Br2ClN2O3/c1-11-5-6-13(25)8-19(11)26-20(28)12-3-2-4-14(7-12)27-21(29)15-9-17(23)18(24)10-16(15)22(27)30/h2-8,15-18H,9-10H2,1H3,(H,26,28)/t15-,16-,17+,18+/m1/s1. The van der Waals surface area contributed by atoms with Crippen molar-refractivity contribution in [3.8, 4) is 0 Å². The second-order valence-electron chi connectivity index (χ2n) is 7.69. The van der Waals surface area contributed by atoms with Gasteiger partial charge in [-0.05, 0) is 55.7 Å². The van der Waals surface area contributed by atoms with Crippen LogP contribution in [0.15, 0.2) is 42.5 Å². The van der Waals surface area contributed by atoms with E-state index in [1.807, 2.05) is 13.0 Å². The van der Waals surface area contributed by atoms with Gasteiger partial charge >= 0.3 is 0 Å². The Balaban J connectivity index is 1.59. The van der Waals surface area contributed by atoms with E-state index in [0.717, 1.165) is 5.56 Å². The molecular weight excluding hydrogens is 536 g/mol. The van der Waals surface area contributed by atoms with Crippen molar-refractivity contribution in [3.63, 3.8) is 0 Å². The third-order valence-corrected chi connectivity index (χ3v) is 8.69. The zero-order valence-corrected chi connectivity index (χ0v) is 20.0. The average Bonchev–Trinajstić information content (AvgIpc) is 2.95. The summed E-state index contributed by atoms with van der Waals surface area (Å²) in [6, 6.07) is 11.9. The average molecular weight is 555 g/mol. The fourth-order valence-corrected chi connectivity index (χ4v) is 5.47. The second-order valence-corrected chi connectivity index (χ2v) is 10.5. The van der Waals surface area contributed by atoms with Crippen LogP contribution < -0.4 is 10.2 Å². The van der Waals surface area contributed by atoms with Crippen LogP contribution in [0, 0.1) is 18.8 Å². The third-order valence-electron chi connectivity index (χ3n) is 5.73. The molecule has 4 atom stereocenters. The lowest BCUT2D eigenvalue weighted by atomic mass is 9.81. The summed E-state index contributed by atoms with van der Waals surface area (Å²) in [6.45, 7) is 1.87. The highest BCUT2D eigenvalue weighted by Gasteiger charge is 2.52. The molecular formula is C22H19Br2ClN2O3. The Morgan fingerprint density at radius 2 is 1.67 bits per heavy atom. The van der Waals surface area contributed by atoms with Gasteiger partial charge in [-0.25, -0.2) is 0 Å². The molecule has 2 aromatic rings. The first kappa shape index (κ1) is 21.5. The third kappa shape index (κ3) is 3.95. The van der Waals surface area contributed by atoms with Crippen LogP contribution in [0.1, 0.15) is 28.8 Å². The summed E-state index contributed by atoms with van der Waals surface area (Å²) >= 11 is 13.2. The fourth-order valence-electron chi connectivity index (χ4n) is 4.06. The number of nitrogens with zero attached hydrogens (tertiary/aromatic N) is 1. The lowest BCUT2D eigenvalue weighted by Crippen LogP contribution is -2.34. The maximum atomic E-state index is 13.0. The first-order valence-corrected chi connectivity index (χ1v) is 11.8. The molecule has 0 bridgehead atoms. The van der Waals surface area contributed by atoms with Gasteiger partial charge in [-0.15, -0.1) is 0 Å². The van der Waals surface area contributed by atoms with Crippen LogP contribution in [-0.2, 0) is 9.59 Å². The van der Waals surface area contributed by atoms with Crippen molar-refractivity contribution >= 4 is 72.6 Å². The number of hydrogen-bond acceptors (Lipinski definition) is 3. The molecule has 30 heavy (non-hydrogen) atoms. The number of benzene rings is 2. The SMILES string of the molecule is Cc1ccc(Cl)cc1NC(=O)c1cccc(N2C(=O)[C@@H]3C[C@H](Br)[C@@H](Br)C[C@H]3C2=O)c1. The van der Waals surface area contributed by atoms with Crippen molar-refractivity contribution in [2.45, 2.75) is 29.4 Å². The summed E-state index contributed by atoms with van der Waals surface area (Å²) in [4.78, 5) is 40.3. The molecule has 1 N–H and O–H groups in total. The van der Waals surface area contributed by atoms with Gasteiger partial charge in [0.25, 0.3) is 5.91 Å². The Morgan fingerprint density at radius 3 is 2.30 bits per heavy atom. The molecule has 156 valence electrons. The van der Waals surface area contributed by atoms with Gasteiger partial charge in [0.05, 0.1) is 17.5 Å². The van der Waals surface area contributed by atoms with Crippen LogP contribution in [0.2, 0.25) is 5.02 Å². The van der Waals surface area contributed by atoms with E-state index in [1.165, 1.54) is 4.90 Å². The predicted molar refractivity (Wildman–Crippen MR) is 125 cm³/mol. The molecule has 1 heterocycles. The molecule has 1 saturated heterocycles. The molecule has 8 heteroatoms. The highest BCUT2D eigenvalue weighted by Crippen LogP contribution is 2.44. The maximum absolute atomic E-state index is 13.0. The van der Waals surface area contributed by atoms with E-state index in [-0.39, 0.29) is 39.2 Å². The molecule has 4 rings (SSSR count). The lowest BCUT2D eigenvalue weighted by molar-refractivity contribution is -0.122. The number of fused-ring (bicyclic) bond motifs is 1. The van der Waals surface area contributed by atoms with E-state index in [9.17, 15) is 14.4 Å². The molecule has 0 radical (unpaired) electrons. The highest BCUT2D eigenvalue weighted by molar-refractivity contribution is 9.12. The Labute approximate surface area is 196 Å². The summed E-state index contributed by atoms with van der Waals surface area (Å²) in [5, 5.41) is 3.37. The van der Waals surface area contributed by atoms with Crippen molar-refractivity contribution in [3.05, 3.63) is 58.6 Å². The van der Waals surface area contributed by atoms with E-state index in [1.54, 1.807) is 36.4 Å². The largest absolute Gasteiger partial charge is 0.322 e. The quantitative estimate of drug-likeness (QED) is 0.412. The number of rotatable bonds is 3. The summed E-state index contributed by atoms with van der Waals surface area (Å²) in [5.41, 5.74) is 2.28. The van der Waals surface area contributed by atoms with Gasteiger partial charge in [0.15, 0.2) is 0 Å². The van der Waals surface area contributed by atoms with Crippen LogP contribution in [0.3, 0.4) is 0 Å². The minimum absolute atomic E-state index is 0.147. The van der Waals surface area contributed by atoms with Crippen molar-refractivity contribution in [2.75, 3.05) is 10.2 Å². The van der Waals surface area contributed by atoms with E-state index < -0.39 is 0 Å². The summed E-state index contributed by atoms with van der Waals surface area (Å²) in [5.74, 6) is -1.39. The Hall–Kier alpha value is -1.70. The maximum Gasteiger partial charge on any atom is 0.255 e. The van der Waals surface area contributed by atoms with Crippen molar-refractivity contribution in [2.24, 2.45) is 11.8 Å². The van der Waals surface area contributed by atoms with E-state index in [0.29, 0.717) is 34.8 Å². The van der Waals surface area contributed by atoms with E-state index in [2.05, 4.69) is 37.2 Å². The number of carbonyl (C=O) groups excluding carboxylic acids is 3. The number of anilines is 2. The van der Waals surface area contributed by atoms with Gasteiger partial charge in [-0.3, -0.25) is 19.3 Å². The molecule has 1 aliphatic heterocycles. The Morgan fingerprint density at radius 1 is 1.03 bits per heavy atom. The lowest BCUT2D eigenvalue weighted by Gasteiger charge is -2.29. The van der Waals surface area contributed by atoms with Gasteiger partial charge < -0.3 is 5.32 Å². The van der Waals surface area contributed by atoms with Crippen LogP contribution in [0.4, 0.5) is 11.4 Å². The summed E-state index contributed by atoms with van der Waals surface area (Å²) in [7, 11) is 0. The van der Waals surface area contributed by atoms with Crippen LogP contribution in [0.5, 0.6) is 0 Å². The van der Waals surface area contributed by atoms with Crippen molar-refractivity contribution in [1.82, 2.24) is 0 Å². The molecule has 2 aliphatic rings. The van der Waals surface area contributed by atoms with Gasteiger partial charge in [0, 0.05) is 25.9 Å². The first-order valence-electron chi connectivity index (χ1n) is 9.60. The molecule has 3 amide bonds. The normalized spacial score (nSPS) is 25.9. The smallest absolute Gasteiger partial charge is 0.255 e. The van der Waals surface area contributed by atoms with E-state index >= 15 is 0 Å². The number of imide groups is 1. The first-order chi connectivity index (χ1) is 14.3. The predicted octanol–water partition coefficient (Wildman–Crippen LogP) is 5.33. The molecule has 5 nitrogen and oxygen atoms in total. The number of aryl methyl sites for hydroxylation is 1.